The Morgan fingerprint density at radius 2 is 1.33 bits per heavy atom. The third-order valence-electron chi connectivity index (χ3n) is 6.35. The van der Waals surface area contributed by atoms with Crippen molar-refractivity contribution in [2.45, 2.75) is 70.3 Å². The second-order valence-electron chi connectivity index (χ2n) is 9.71. The zero-order valence-electron chi connectivity index (χ0n) is 19.1. The van der Waals surface area contributed by atoms with Crippen molar-refractivity contribution in [1.29, 1.82) is 0 Å². The van der Waals surface area contributed by atoms with Crippen LogP contribution in [0, 0.1) is 0 Å². The molecule has 1 heterocycles. The SMILES string of the molecule is CC(C)(C)[Si](C)(C)OC[C@@H]1N[C@H](COCc2ccccc2)[C@H]1OCc1ccccc1. The lowest BCUT2D eigenvalue weighted by molar-refractivity contribution is -0.0987. The van der Waals surface area contributed by atoms with Gasteiger partial charge in [-0.05, 0) is 29.3 Å². The number of rotatable bonds is 10. The van der Waals surface area contributed by atoms with Crippen LogP contribution in [0.5, 0.6) is 0 Å². The molecule has 0 aliphatic carbocycles. The van der Waals surface area contributed by atoms with Crippen molar-refractivity contribution < 1.29 is 13.9 Å². The summed E-state index contributed by atoms with van der Waals surface area (Å²) in [5, 5.41) is 3.83. The summed E-state index contributed by atoms with van der Waals surface area (Å²) < 4.78 is 18.8. The van der Waals surface area contributed by atoms with Crippen LogP contribution in [-0.4, -0.2) is 39.7 Å². The summed E-state index contributed by atoms with van der Waals surface area (Å²) in [6.07, 6.45) is 0.0887. The summed E-state index contributed by atoms with van der Waals surface area (Å²) >= 11 is 0. The normalized spacial score (nSPS) is 22.0. The van der Waals surface area contributed by atoms with E-state index in [2.05, 4.69) is 75.6 Å². The van der Waals surface area contributed by atoms with E-state index in [1.54, 1.807) is 0 Å². The van der Waals surface area contributed by atoms with Gasteiger partial charge in [-0.1, -0.05) is 81.4 Å². The van der Waals surface area contributed by atoms with Crippen molar-refractivity contribution in [2.24, 2.45) is 0 Å². The van der Waals surface area contributed by atoms with Gasteiger partial charge in [-0.3, -0.25) is 0 Å². The fraction of sp³-hybridized carbons (Fsp3) is 0.520. The molecule has 2 aromatic carbocycles. The van der Waals surface area contributed by atoms with Crippen LogP contribution < -0.4 is 5.32 Å². The molecule has 164 valence electrons. The molecule has 3 rings (SSSR count). The Kier molecular flexibility index (Phi) is 7.88. The van der Waals surface area contributed by atoms with Crippen LogP contribution in [0.15, 0.2) is 60.7 Å². The molecular formula is C25H37NO3Si. The predicted molar refractivity (Wildman–Crippen MR) is 125 cm³/mol. The lowest BCUT2D eigenvalue weighted by atomic mass is 9.94. The van der Waals surface area contributed by atoms with Crippen molar-refractivity contribution in [2.75, 3.05) is 13.2 Å². The molecule has 1 aliphatic rings. The quantitative estimate of drug-likeness (QED) is 0.532. The molecule has 5 heteroatoms. The van der Waals surface area contributed by atoms with Gasteiger partial charge in [-0.15, -0.1) is 0 Å². The maximum Gasteiger partial charge on any atom is 0.192 e. The number of hydrogen-bond donors (Lipinski definition) is 1. The van der Waals surface area contributed by atoms with Crippen LogP contribution in [0.2, 0.25) is 18.1 Å². The average molecular weight is 428 g/mol. The van der Waals surface area contributed by atoms with E-state index in [9.17, 15) is 0 Å². The third-order valence-corrected chi connectivity index (χ3v) is 10.8. The molecule has 1 fully saturated rings. The molecule has 1 aliphatic heterocycles. The van der Waals surface area contributed by atoms with E-state index in [1.165, 1.54) is 11.1 Å². The van der Waals surface area contributed by atoms with Crippen molar-refractivity contribution in [3.8, 4) is 0 Å². The Labute approximate surface area is 183 Å². The van der Waals surface area contributed by atoms with Crippen molar-refractivity contribution in [1.82, 2.24) is 5.32 Å². The lowest BCUT2D eigenvalue weighted by Gasteiger charge is -2.47. The minimum Gasteiger partial charge on any atom is -0.415 e. The molecule has 0 radical (unpaired) electrons. The van der Waals surface area contributed by atoms with Crippen LogP contribution in [0.3, 0.4) is 0 Å². The molecule has 0 bridgehead atoms. The molecule has 1 N–H and O–H groups in total. The molecule has 0 aromatic heterocycles. The van der Waals surface area contributed by atoms with Crippen LogP contribution >= 0.6 is 0 Å². The molecule has 2 aromatic rings. The topological polar surface area (TPSA) is 39.7 Å². The van der Waals surface area contributed by atoms with Crippen molar-refractivity contribution >= 4 is 8.32 Å². The van der Waals surface area contributed by atoms with E-state index in [4.69, 9.17) is 13.9 Å². The lowest BCUT2D eigenvalue weighted by Crippen LogP contribution is -2.70. The Morgan fingerprint density at radius 3 is 1.90 bits per heavy atom. The second kappa shape index (κ2) is 10.2. The summed E-state index contributed by atoms with van der Waals surface area (Å²) in [5.74, 6) is 0. The van der Waals surface area contributed by atoms with Gasteiger partial charge < -0.3 is 19.2 Å². The van der Waals surface area contributed by atoms with E-state index in [0.29, 0.717) is 26.4 Å². The van der Waals surface area contributed by atoms with Gasteiger partial charge in [0, 0.05) is 0 Å². The van der Waals surface area contributed by atoms with Gasteiger partial charge in [0.1, 0.15) is 0 Å². The summed E-state index contributed by atoms with van der Waals surface area (Å²) in [4.78, 5) is 0. The first-order chi connectivity index (χ1) is 14.3. The van der Waals surface area contributed by atoms with Crippen molar-refractivity contribution in [3.05, 3.63) is 71.8 Å². The molecule has 0 amide bonds. The highest BCUT2D eigenvalue weighted by molar-refractivity contribution is 6.74. The number of nitrogens with one attached hydrogen (secondary N) is 1. The molecule has 3 atom stereocenters. The Balaban J connectivity index is 1.54. The van der Waals surface area contributed by atoms with E-state index in [1.807, 2.05) is 24.3 Å². The summed E-state index contributed by atoms with van der Waals surface area (Å²) in [6, 6.07) is 21.0. The highest BCUT2D eigenvalue weighted by Crippen LogP contribution is 2.37. The molecule has 30 heavy (non-hydrogen) atoms. The van der Waals surface area contributed by atoms with Crippen molar-refractivity contribution in [3.63, 3.8) is 0 Å². The smallest absolute Gasteiger partial charge is 0.192 e. The second-order valence-corrected chi connectivity index (χ2v) is 14.5. The van der Waals surface area contributed by atoms with E-state index in [-0.39, 0.29) is 23.2 Å². The largest absolute Gasteiger partial charge is 0.415 e. The minimum atomic E-state index is -1.78. The molecule has 4 nitrogen and oxygen atoms in total. The minimum absolute atomic E-state index is 0.0887. The number of ether oxygens (including phenoxy) is 2. The first-order valence-electron chi connectivity index (χ1n) is 10.9. The maximum atomic E-state index is 6.46. The van der Waals surface area contributed by atoms with Gasteiger partial charge in [-0.2, -0.15) is 0 Å². The first-order valence-corrected chi connectivity index (χ1v) is 13.8. The average Bonchev–Trinajstić information content (AvgIpc) is 2.70. The highest BCUT2D eigenvalue weighted by Gasteiger charge is 2.44. The molecule has 0 spiro atoms. The third kappa shape index (κ3) is 6.25. The van der Waals surface area contributed by atoms with Gasteiger partial charge in [0.15, 0.2) is 8.32 Å². The van der Waals surface area contributed by atoms with E-state index >= 15 is 0 Å². The van der Waals surface area contributed by atoms with Gasteiger partial charge in [0.05, 0.1) is 44.6 Å². The Morgan fingerprint density at radius 1 is 0.800 bits per heavy atom. The standard InChI is InChI=1S/C25H37NO3Si/c1-25(2,3)30(4,5)29-19-23-24(28-17-21-14-10-7-11-15-21)22(26-23)18-27-16-20-12-8-6-9-13-20/h6-15,22-24,26H,16-19H2,1-5H3/t22-,23+,24-/m1/s1. The number of hydrogen-bond acceptors (Lipinski definition) is 4. The Bertz CT molecular complexity index is 761. The summed E-state index contributed by atoms with van der Waals surface area (Å²) in [7, 11) is -1.78. The van der Waals surface area contributed by atoms with Crippen LogP contribution in [-0.2, 0) is 27.1 Å². The zero-order chi connectivity index (χ0) is 21.6. The number of benzene rings is 2. The van der Waals surface area contributed by atoms with Gasteiger partial charge >= 0.3 is 0 Å². The monoisotopic (exact) mass is 427 g/mol. The van der Waals surface area contributed by atoms with Crippen LogP contribution in [0.25, 0.3) is 0 Å². The first kappa shape index (κ1) is 23.2. The van der Waals surface area contributed by atoms with Gasteiger partial charge in [0.25, 0.3) is 0 Å². The molecule has 0 unspecified atom stereocenters. The molecular weight excluding hydrogens is 390 g/mol. The van der Waals surface area contributed by atoms with E-state index < -0.39 is 8.32 Å². The van der Waals surface area contributed by atoms with Crippen LogP contribution in [0.1, 0.15) is 31.9 Å². The van der Waals surface area contributed by atoms with Gasteiger partial charge in [0.2, 0.25) is 0 Å². The maximum absolute atomic E-state index is 6.46. The summed E-state index contributed by atoms with van der Waals surface area (Å²) in [5.41, 5.74) is 2.38. The highest BCUT2D eigenvalue weighted by atomic mass is 28.4. The zero-order valence-corrected chi connectivity index (χ0v) is 20.1. The molecule has 0 saturated carbocycles. The van der Waals surface area contributed by atoms with E-state index in [0.717, 1.165) is 0 Å². The fourth-order valence-electron chi connectivity index (χ4n) is 3.30. The predicted octanol–water partition coefficient (Wildman–Crippen LogP) is 5.15. The summed E-state index contributed by atoms with van der Waals surface area (Å²) in [6.45, 7) is 14.0. The fourth-order valence-corrected chi connectivity index (χ4v) is 4.33. The molecule has 1 saturated heterocycles. The van der Waals surface area contributed by atoms with Gasteiger partial charge in [-0.25, -0.2) is 0 Å². The Hall–Kier alpha value is -1.50. The van der Waals surface area contributed by atoms with Crippen LogP contribution in [0.4, 0.5) is 0 Å².